The van der Waals surface area contributed by atoms with Gasteiger partial charge in [-0.2, -0.15) is 0 Å². The molecule has 0 radical (unpaired) electrons. The van der Waals surface area contributed by atoms with E-state index in [4.69, 9.17) is 0 Å². The van der Waals surface area contributed by atoms with E-state index in [1.54, 1.807) is 5.57 Å². The van der Waals surface area contributed by atoms with Gasteiger partial charge in [-0.3, -0.25) is 0 Å². The average Bonchev–Trinajstić information content (AvgIpc) is 2.79. The van der Waals surface area contributed by atoms with Crippen molar-refractivity contribution < 1.29 is 0 Å². The second kappa shape index (κ2) is 3.99. The SMILES string of the molecule is C[C@@]12C=CC=C1[C@@H]1CCC3CCCC[C@]3(C)[C@H]1CC2. The molecule has 0 bridgehead atoms. The number of allylic oxidation sites excluding steroid dienone is 4. The molecule has 3 fully saturated rings. The molecule has 4 aliphatic rings. The van der Waals surface area contributed by atoms with Gasteiger partial charge in [0.2, 0.25) is 0 Å². The highest BCUT2D eigenvalue weighted by Crippen LogP contribution is 2.63. The summed E-state index contributed by atoms with van der Waals surface area (Å²) in [5.41, 5.74) is 2.90. The monoisotopic (exact) mass is 256 g/mol. The van der Waals surface area contributed by atoms with Crippen molar-refractivity contribution in [1.82, 2.24) is 0 Å². The Bertz CT molecular complexity index is 443. The number of rotatable bonds is 0. The van der Waals surface area contributed by atoms with Gasteiger partial charge in [0, 0.05) is 5.41 Å². The van der Waals surface area contributed by atoms with E-state index in [0.717, 1.165) is 17.8 Å². The molecule has 4 rings (SSSR count). The van der Waals surface area contributed by atoms with Crippen LogP contribution in [0.1, 0.15) is 65.2 Å². The molecule has 0 saturated heterocycles. The molecule has 3 saturated carbocycles. The Hall–Kier alpha value is -0.520. The minimum Gasteiger partial charge on any atom is -0.0745 e. The van der Waals surface area contributed by atoms with Gasteiger partial charge in [-0.1, -0.05) is 50.5 Å². The third-order valence-corrected chi connectivity index (χ3v) is 7.38. The van der Waals surface area contributed by atoms with Crippen molar-refractivity contribution in [3.8, 4) is 0 Å². The van der Waals surface area contributed by atoms with Crippen LogP contribution in [0.5, 0.6) is 0 Å². The molecule has 0 heteroatoms. The summed E-state index contributed by atoms with van der Waals surface area (Å²) in [6, 6.07) is 0. The molecular weight excluding hydrogens is 228 g/mol. The molecule has 104 valence electrons. The zero-order valence-electron chi connectivity index (χ0n) is 12.6. The summed E-state index contributed by atoms with van der Waals surface area (Å²) in [7, 11) is 0. The molecule has 0 N–H and O–H groups in total. The van der Waals surface area contributed by atoms with Crippen LogP contribution in [0.3, 0.4) is 0 Å². The van der Waals surface area contributed by atoms with Gasteiger partial charge in [0.1, 0.15) is 0 Å². The lowest BCUT2D eigenvalue weighted by Gasteiger charge is -2.58. The summed E-state index contributed by atoms with van der Waals surface area (Å²) >= 11 is 0. The maximum Gasteiger partial charge on any atom is 0.00717 e. The van der Waals surface area contributed by atoms with Crippen LogP contribution in [-0.2, 0) is 0 Å². The first kappa shape index (κ1) is 12.2. The fraction of sp³-hybridized carbons (Fsp3) is 0.789. The van der Waals surface area contributed by atoms with Crippen molar-refractivity contribution in [3.05, 3.63) is 23.8 Å². The Morgan fingerprint density at radius 3 is 2.79 bits per heavy atom. The highest BCUT2D eigenvalue weighted by atomic mass is 14.6. The van der Waals surface area contributed by atoms with Crippen LogP contribution >= 0.6 is 0 Å². The standard InChI is InChI=1S/C19H28/c1-18-11-5-7-16(18)15-9-8-14-6-3-4-12-19(14,2)17(15)10-13-18/h5,7,11,14-15,17H,3-4,6,8-10,12-13H2,1-2H3/t14?,15-,17-,18-,19-/m0/s1. The average molecular weight is 256 g/mol. The maximum absolute atomic E-state index is 2.65. The summed E-state index contributed by atoms with van der Waals surface area (Å²) in [6.45, 7) is 5.13. The number of hydrogen-bond donors (Lipinski definition) is 0. The summed E-state index contributed by atoms with van der Waals surface area (Å²) in [6.07, 6.45) is 19.2. The van der Waals surface area contributed by atoms with Crippen LogP contribution in [0.25, 0.3) is 0 Å². The van der Waals surface area contributed by atoms with E-state index in [9.17, 15) is 0 Å². The first-order chi connectivity index (χ1) is 9.13. The normalized spacial score (nSPS) is 52.1. The highest BCUT2D eigenvalue weighted by Gasteiger charge is 2.53. The van der Waals surface area contributed by atoms with E-state index >= 15 is 0 Å². The van der Waals surface area contributed by atoms with Crippen molar-refractivity contribution in [1.29, 1.82) is 0 Å². The fourth-order valence-electron chi connectivity index (χ4n) is 6.22. The Labute approximate surface area is 118 Å². The molecule has 0 heterocycles. The molecule has 0 aromatic rings. The van der Waals surface area contributed by atoms with Gasteiger partial charge in [0.25, 0.3) is 0 Å². The smallest absolute Gasteiger partial charge is 0.00717 e. The van der Waals surface area contributed by atoms with E-state index in [2.05, 4.69) is 32.1 Å². The van der Waals surface area contributed by atoms with Crippen molar-refractivity contribution >= 4 is 0 Å². The molecule has 19 heavy (non-hydrogen) atoms. The van der Waals surface area contributed by atoms with Gasteiger partial charge in [0.05, 0.1) is 0 Å². The van der Waals surface area contributed by atoms with Crippen LogP contribution in [0.4, 0.5) is 0 Å². The third-order valence-electron chi connectivity index (χ3n) is 7.38. The lowest BCUT2D eigenvalue weighted by molar-refractivity contribution is -0.0470. The maximum atomic E-state index is 2.65. The van der Waals surface area contributed by atoms with E-state index in [1.165, 1.54) is 51.4 Å². The largest absolute Gasteiger partial charge is 0.0745 e. The lowest BCUT2D eigenvalue weighted by atomic mass is 9.47. The van der Waals surface area contributed by atoms with E-state index in [-0.39, 0.29) is 0 Å². The molecule has 5 atom stereocenters. The molecule has 0 amide bonds. The predicted octanol–water partition coefficient (Wildman–Crippen LogP) is 5.51. The molecule has 0 aromatic carbocycles. The van der Waals surface area contributed by atoms with Gasteiger partial charge < -0.3 is 0 Å². The van der Waals surface area contributed by atoms with Gasteiger partial charge >= 0.3 is 0 Å². The summed E-state index contributed by atoms with van der Waals surface area (Å²) in [5, 5.41) is 0. The second-order valence-electron chi connectivity index (χ2n) is 8.18. The first-order valence-corrected chi connectivity index (χ1v) is 8.53. The van der Waals surface area contributed by atoms with Crippen molar-refractivity contribution in [2.24, 2.45) is 28.6 Å². The summed E-state index contributed by atoms with van der Waals surface area (Å²) in [4.78, 5) is 0. The highest BCUT2D eigenvalue weighted by molar-refractivity contribution is 5.37. The topological polar surface area (TPSA) is 0 Å². The van der Waals surface area contributed by atoms with Crippen LogP contribution in [-0.4, -0.2) is 0 Å². The zero-order chi connectivity index (χ0) is 13.1. The van der Waals surface area contributed by atoms with Crippen LogP contribution in [0, 0.1) is 28.6 Å². The quantitative estimate of drug-likeness (QED) is 0.536. The Kier molecular flexibility index (Phi) is 2.57. The van der Waals surface area contributed by atoms with Crippen molar-refractivity contribution in [3.63, 3.8) is 0 Å². The van der Waals surface area contributed by atoms with E-state index in [1.807, 2.05) is 0 Å². The van der Waals surface area contributed by atoms with Crippen molar-refractivity contribution in [2.45, 2.75) is 65.2 Å². The third kappa shape index (κ3) is 1.58. The van der Waals surface area contributed by atoms with E-state index in [0.29, 0.717) is 10.8 Å². The van der Waals surface area contributed by atoms with Gasteiger partial charge in [-0.05, 0) is 61.7 Å². The minimum absolute atomic E-state index is 0.430. The van der Waals surface area contributed by atoms with E-state index < -0.39 is 0 Å². The second-order valence-corrected chi connectivity index (χ2v) is 8.18. The predicted molar refractivity (Wildman–Crippen MR) is 80.8 cm³/mol. The lowest BCUT2D eigenvalue weighted by Crippen LogP contribution is -2.49. The number of hydrogen-bond acceptors (Lipinski definition) is 0. The zero-order valence-corrected chi connectivity index (χ0v) is 12.6. The van der Waals surface area contributed by atoms with Crippen LogP contribution < -0.4 is 0 Å². The molecule has 0 nitrogen and oxygen atoms in total. The Morgan fingerprint density at radius 2 is 1.89 bits per heavy atom. The minimum atomic E-state index is 0.430. The van der Waals surface area contributed by atoms with Crippen LogP contribution in [0.2, 0.25) is 0 Å². The molecule has 1 unspecified atom stereocenters. The molecule has 4 aliphatic carbocycles. The van der Waals surface area contributed by atoms with Crippen molar-refractivity contribution in [2.75, 3.05) is 0 Å². The fourth-order valence-corrected chi connectivity index (χ4v) is 6.22. The summed E-state index contributed by atoms with van der Waals surface area (Å²) in [5.74, 6) is 2.95. The molecule has 0 aliphatic heterocycles. The van der Waals surface area contributed by atoms with Gasteiger partial charge in [-0.15, -0.1) is 0 Å². The summed E-state index contributed by atoms with van der Waals surface area (Å²) < 4.78 is 0. The Balaban J connectivity index is 1.69. The van der Waals surface area contributed by atoms with Crippen LogP contribution in [0.15, 0.2) is 23.8 Å². The van der Waals surface area contributed by atoms with Gasteiger partial charge in [0.15, 0.2) is 0 Å². The van der Waals surface area contributed by atoms with Gasteiger partial charge in [-0.25, -0.2) is 0 Å². The molecular formula is C19H28. The first-order valence-electron chi connectivity index (χ1n) is 8.53. The Morgan fingerprint density at radius 1 is 1.00 bits per heavy atom. The number of fused-ring (bicyclic) bond motifs is 5. The molecule has 0 spiro atoms. The molecule has 0 aromatic heterocycles.